The molecule has 0 bridgehead atoms. The molecule has 0 amide bonds. The third-order valence-corrected chi connectivity index (χ3v) is 5.98. The van der Waals surface area contributed by atoms with E-state index in [0.29, 0.717) is 38.8 Å². The minimum absolute atomic E-state index is 0.158. The average Bonchev–Trinajstić information content (AvgIpc) is 2.41. The summed E-state index contributed by atoms with van der Waals surface area (Å²) in [5.74, 6) is 0. The molecule has 1 aliphatic heterocycles. The first-order valence-corrected chi connectivity index (χ1v) is 7.75. The Balaban J connectivity index is 2.79. The van der Waals surface area contributed by atoms with Crippen LogP contribution >= 0.6 is 0 Å². The van der Waals surface area contributed by atoms with E-state index in [9.17, 15) is 13.5 Å². The van der Waals surface area contributed by atoms with Crippen molar-refractivity contribution in [1.82, 2.24) is 4.31 Å². The first kappa shape index (κ1) is 14.9. The molecule has 0 aromatic rings. The van der Waals surface area contributed by atoms with Crippen molar-refractivity contribution in [2.75, 3.05) is 19.6 Å². The van der Waals surface area contributed by atoms with E-state index in [-0.39, 0.29) is 6.54 Å². The van der Waals surface area contributed by atoms with Gasteiger partial charge in [0.05, 0.1) is 10.9 Å². The van der Waals surface area contributed by atoms with E-state index >= 15 is 0 Å². The second-order valence-electron chi connectivity index (χ2n) is 5.06. The predicted molar refractivity (Wildman–Crippen MR) is 68.1 cm³/mol. The molecule has 0 aromatic carbocycles. The lowest BCUT2D eigenvalue weighted by atomic mass is 9.98. The molecule has 1 heterocycles. The highest BCUT2D eigenvalue weighted by Crippen LogP contribution is 2.24. The summed E-state index contributed by atoms with van der Waals surface area (Å²) in [4.78, 5) is 0. The molecular weight excluding hydrogens is 240 g/mol. The first-order chi connectivity index (χ1) is 7.83. The van der Waals surface area contributed by atoms with Gasteiger partial charge in [0.1, 0.15) is 0 Å². The molecular formula is C11H24N2O3S. The van der Waals surface area contributed by atoms with Crippen molar-refractivity contribution in [3.63, 3.8) is 0 Å². The molecule has 0 aliphatic carbocycles. The molecule has 0 saturated carbocycles. The van der Waals surface area contributed by atoms with Crippen LogP contribution in [-0.2, 0) is 10.0 Å². The maximum atomic E-state index is 12.3. The minimum Gasteiger partial charge on any atom is -0.390 e. The van der Waals surface area contributed by atoms with Gasteiger partial charge in [-0.25, -0.2) is 12.7 Å². The molecule has 1 saturated heterocycles. The Labute approximate surface area is 104 Å². The SMILES string of the molecule is CCC(CN)S(=O)(=O)N1CCCC(C)(O)CC1. The first-order valence-electron chi connectivity index (χ1n) is 6.25. The lowest BCUT2D eigenvalue weighted by Gasteiger charge is -2.25. The van der Waals surface area contributed by atoms with Crippen molar-refractivity contribution in [2.24, 2.45) is 5.73 Å². The number of aliphatic hydroxyl groups is 1. The molecule has 17 heavy (non-hydrogen) atoms. The Morgan fingerprint density at radius 1 is 1.41 bits per heavy atom. The Morgan fingerprint density at radius 3 is 2.59 bits per heavy atom. The van der Waals surface area contributed by atoms with Crippen LogP contribution in [0.2, 0.25) is 0 Å². The van der Waals surface area contributed by atoms with Gasteiger partial charge in [-0.2, -0.15) is 0 Å². The molecule has 2 atom stereocenters. The van der Waals surface area contributed by atoms with Crippen LogP contribution in [0.3, 0.4) is 0 Å². The van der Waals surface area contributed by atoms with Gasteiger partial charge < -0.3 is 10.8 Å². The minimum atomic E-state index is -3.30. The molecule has 1 rings (SSSR count). The number of hydrogen-bond acceptors (Lipinski definition) is 4. The second-order valence-corrected chi connectivity index (χ2v) is 7.27. The average molecular weight is 264 g/mol. The van der Waals surface area contributed by atoms with Gasteiger partial charge in [0.15, 0.2) is 0 Å². The van der Waals surface area contributed by atoms with Gasteiger partial charge in [-0.15, -0.1) is 0 Å². The standard InChI is InChI=1S/C11H24N2O3S/c1-3-10(9-12)17(15,16)13-7-4-5-11(2,14)6-8-13/h10,14H,3-9,12H2,1-2H3. The van der Waals surface area contributed by atoms with Crippen molar-refractivity contribution in [3.05, 3.63) is 0 Å². The zero-order chi connectivity index (χ0) is 13.1. The quantitative estimate of drug-likeness (QED) is 0.764. The third-order valence-electron chi connectivity index (χ3n) is 3.52. The van der Waals surface area contributed by atoms with Crippen molar-refractivity contribution < 1.29 is 13.5 Å². The lowest BCUT2D eigenvalue weighted by Crippen LogP contribution is -2.42. The van der Waals surface area contributed by atoms with Gasteiger partial charge in [0.2, 0.25) is 10.0 Å². The van der Waals surface area contributed by atoms with E-state index in [2.05, 4.69) is 0 Å². The van der Waals surface area contributed by atoms with Crippen LogP contribution in [0.5, 0.6) is 0 Å². The Bertz CT molecular complexity index is 337. The number of nitrogens with two attached hydrogens (primary N) is 1. The highest BCUT2D eigenvalue weighted by molar-refractivity contribution is 7.89. The van der Waals surface area contributed by atoms with Gasteiger partial charge in [0.25, 0.3) is 0 Å². The lowest BCUT2D eigenvalue weighted by molar-refractivity contribution is 0.0465. The van der Waals surface area contributed by atoms with Crippen molar-refractivity contribution >= 4 is 10.0 Å². The molecule has 1 aliphatic rings. The molecule has 1 fully saturated rings. The fraction of sp³-hybridized carbons (Fsp3) is 1.00. The van der Waals surface area contributed by atoms with Crippen molar-refractivity contribution in [3.8, 4) is 0 Å². The topological polar surface area (TPSA) is 83.6 Å². The number of hydrogen-bond donors (Lipinski definition) is 2. The summed E-state index contributed by atoms with van der Waals surface area (Å²) in [6, 6.07) is 0. The van der Waals surface area contributed by atoms with E-state index in [1.807, 2.05) is 6.92 Å². The van der Waals surface area contributed by atoms with Crippen LogP contribution in [0.1, 0.15) is 39.5 Å². The summed E-state index contributed by atoms with van der Waals surface area (Å²) < 4.78 is 26.0. The van der Waals surface area contributed by atoms with E-state index in [1.54, 1.807) is 6.92 Å². The smallest absolute Gasteiger partial charge is 0.218 e. The summed E-state index contributed by atoms with van der Waals surface area (Å²) in [5.41, 5.74) is 4.77. The van der Waals surface area contributed by atoms with Crippen LogP contribution in [0.4, 0.5) is 0 Å². The van der Waals surface area contributed by atoms with Gasteiger partial charge >= 0.3 is 0 Å². The van der Waals surface area contributed by atoms with Crippen LogP contribution in [0.25, 0.3) is 0 Å². The molecule has 6 heteroatoms. The summed E-state index contributed by atoms with van der Waals surface area (Å²) in [6.07, 6.45) is 2.38. The van der Waals surface area contributed by atoms with Crippen LogP contribution in [-0.4, -0.2) is 48.3 Å². The molecule has 102 valence electrons. The Kier molecular flexibility index (Phi) is 4.95. The predicted octanol–water partition coefficient (Wildman–Crippen LogP) is 0.290. The number of sulfonamides is 1. The molecule has 2 unspecified atom stereocenters. The van der Waals surface area contributed by atoms with Crippen LogP contribution in [0.15, 0.2) is 0 Å². The van der Waals surface area contributed by atoms with E-state index in [0.717, 1.165) is 0 Å². The van der Waals surface area contributed by atoms with Gasteiger partial charge in [-0.05, 0) is 32.6 Å². The fourth-order valence-electron chi connectivity index (χ4n) is 2.20. The summed E-state index contributed by atoms with van der Waals surface area (Å²) in [6.45, 7) is 4.65. The Morgan fingerprint density at radius 2 is 2.06 bits per heavy atom. The highest BCUT2D eigenvalue weighted by Gasteiger charge is 2.34. The van der Waals surface area contributed by atoms with Gasteiger partial charge in [0, 0.05) is 19.6 Å². The summed E-state index contributed by atoms with van der Waals surface area (Å²) in [5, 5.41) is 9.45. The largest absolute Gasteiger partial charge is 0.390 e. The van der Waals surface area contributed by atoms with E-state index in [4.69, 9.17) is 5.73 Å². The third kappa shape index (κ3) is 3.64. The Hall–Kier alpha value is -0.170. The van der Waals surface area contributed by atoms with Crippen LogP contribution in [0, 0.1) is 0 Å². The van der Waals surface area contributed by atoms with Crippen molar-refractivity contribution in [2.45, 2.75) is 50.4 Å². The zero-order valence-corrected chi connectivity index (χ0v) is 11.5. The van der Waals surface area contributed by atoms with Gasteiger partial charge in [-0.3, -0.25) is 0 Å². The molecule has 5 nitrogen and oxygen atoms in total. The highest BCUT2D eigenvalue weighted by atomic mass is 32.2. The molecule has 0 spiro atoms. The fourth-order valence-corrected chi connectivity index (χ4v) is 4.02. The summed E-state index contributed by atoms with van der Waals surface area (Å²) >= 11 is 0. The monoisotopic (exact) mass is 264 g/mol. The van der Waals surface area contributed by atoms with Crippen LogP contribution < -0.4 is 5.73 Å². The molecule has 0 aromatic heterocycles. The van der Waals surface area contributed by atoms with Crippen molar-refractivity contribution in [1.29, 1.82) is 0 Å². The second kappa shape index (κ2) is 5.65. The van der Waals surface area contributed by atoms with E-state index in [1.165, 1.54) is 4.31 Å². The number of rotatable bonds is 4. The maximum Gasteiger partial charge on any atom is 0.218 e. The normalized spacial score (nSPS) is 29.9. The molecule has 3 N–H and O–H groups in total. The van der Waals surface area contributed by atoms with E-state index < -0.39 is 20.9 Å². The zero-order valence-electron chi connectivity index (χ0n) is 10.7. The molecule has 0 radical (unpaired) electrons. The summed E-state index contributed by atoms with van der Waals surface area (Å²) in [7, 11) is -3.30. The maximum absolute atomic E-state index is 12.3. The van der Waals surface area contributed by atoms with Gasteiger partial charge in [-0.1, -0.05) is 6.92 Å². The number of nitrogens with zero attached hydrogens (tertiary/aromatic N) is 1.